The maximum absolute atomic E-state index is 6.06. The van der Waals surface area contributed by atoms with Crippen LogP contribution in [0.1, 0.15) is 55.0 Å². The molecular formula is C23H27N7O. The largest absolute Gasteiger partial charge is 0.475 e. The number of pyridine rings is 1. The van der Waals surface area contributed by atoms with Gasteiger partial charge < -0.3 is 15.0 Å². The molecule has 8 heteroatoms. The van der Waals surface area contributed by atoms with E-state index in [4.69, 9.17) is 14.7 Å². The number of nitrogens with one attached hydrogen (secondary N) is 2. The molecule has 4 aromatic heterocycles. The van der Waals surface area contributed by atoms with Gasteiger partial charge in [0.25, 0.3) is 0 Å². The molecule has 0 aliphatic carbocycles. The predicted octanol–water partition coefficient (Wildman–Crippen LogP) is 3.42. The van der Waals surface area contributed by atoms with Gasteiger partial charge in [0.1, 0.15) is 24.1 Å². The molecule has 6 rings (SSSR count). The zero-order valence-electron chi connectivity index (χ0n) is 18.4. The van der Waals surface area contributed by atoms with Crippen molar-refractivity contribution in [3.05, 3.63) is 34.9 Å². The molecule has 1 fully saturated rings. The Balaban J connectivity index is 1.60. The quantitative estimate of drug-likeness (QED) is 0.519. The smallest absolute Gasteiger partial charge is 0.238 e. The van der Waals surface area contributed by atoms with Crippen molar-refractivity contribution >= 4 is 16.8 Å². The Kier molecular flexibility index (Phi) is 3.93. The highest BCUT2D eigenvalue weighted by molar-refractivity contribution is 5.88. The number of piperidine rings is 1. The number of nitrogens with zero attached hydrogens (tertiary/aromatic N) is 5. The Bertz CT molecular complexity index is 1330. The van der Waals surface area contributed by atoms with Crippen molar-refractivity contribution in [1.29, 1.82) is 0 Å². The van der Waals surface area contributed by atoms with Gasteiger partial charge in [-0.1, -0.05) is 13.8 Å². The van der Waals surface area contributed by atoms with E-state index in [9.17, 15) is 0 Å². The first-order valence-electron chi connectivity index (χ1n) is 11.1. The highest BCUT2D eigenvalue weighted by atomic mass is 16.5. The van der Waals surface area contributed by atoms with Gasteiger partial charge in [-0.15, -0.1) is 0 Å². The molecule has 0 unspecified atom stereocenters. The molecule has 0 amide bonds. The van der Waals surface area contributed by atoms with Crippen LogP contribution in [0, 0.1) is 13.8 Å². The SMILES string of the molecule is Cc1c(-c2[nH]c3nc4c(nc3c2C(C)C)C2(CCNCC2)CO4)cn2ncnc2c1C. The van der Waals surface area contributed by atoms with Crippen molar-refractivity contribution in [2.75, 3.05) is 19.7 Å². The molecule has 31 heavy (non-hydrogen) atoms. The summed E-state index contributed by atoms with van der Waals surface area (Å²) < 4.78 is 7.91. The summed E-state index contributed by atoms with van der Waals surface area (Å²) in [5.41, 5.74) is 9.34. The minimum atomic E-state index is -0.0143. The van der Waals surface area contributed by atoms with Crippen molar-refractivity contribution < 1.29 is 4.74 Å². The third-order valence-corrected chi connectivity index (χ3v) is 7.15. The fourth-order valence-corrected chi connectivity index (χ4v) is 5.23. The van der Waals surface area contributed by atoms with Crippen molar-refractivity contribution in [2.24, 2.45) is 0 Å². The highest BCUT2D eigenvalue weighted by Crippen LogP contribution is 2.45. The molecule has 0 atom stereocenters. The Hall–Kier alpha value is -3.00. The van der Waals surface area contributed by atoms with E-state index >= 15 is 0 Å². The Morgan fingerprint density at radius 1 is 1.13 bits per heavy atom. The summed E-state index contributed by atoms with van der Waals surface area (Å²) in [6.45, 7) is 11.3. The Labute approximate surface area is 180 Å². The van der Waals surface area contributed by atoms with Gasteiger partial charge in [0.15, 0.2) is 11.3 Å². The van der Waals surface area contributed by atoms with Gasteiger partial charge in [-0.25, -0.2) is 14.5 Å². The molecule has 0 bridgehead atoms. The number of aryl methyl sites for hydroxylation is 1. The van der Waals surface area contributed by atoms with Gasteiger partial charge in [-0.05, 0) is 56.8 Å². The summed E-state index contributed by atoms with van der Waals surface area (Å²) in [4.78, 5) is 18.1. The van der Waals surface area contributed by atoms with E-state index in [0.29, 0.717) is 12.5 Å². The van der Waals surface area contributed by atoms with E-state index in [0.717, 1.165) is 65.3 Å². The maximum atomic E-state index is 6.06. The molecule has 2 aliphatic rings. The number of aromatic amines is 1. The first-order chi connectivity index (χ1) is 15.0. The lowest BCUT2D eigenvalue weighted by Crippen LogP contribution is -2.41. The molecule has 0 saturated carbocycles. The second-order valence-electron chi connectivity index (χ2n) is 9.28. The van der Waals surface area contributed by atoms with Crippen LogP contribution in [0.5, 0.6) is 5.88 Å². The third-order valence-electron chi connectivity index (χ3n) is 7.15. The van der Waals surface area contributed by atoms with Crippen LogP contribution in [0.15, 0.2) is 12.5 Å². The standard InChI is InChI=1S/C23H27N7O/c1-12(2)16-17(15-9-30-21(25-11-26-30)14(4)13(15)3)28-20-18(16)27-19-22(29-20)31-10-23(19)5-7-24-8-6-23/h9,11-12,24H,5-8,10H2,1-4H3,(H,28,29). The zero-order chi connectivity index (χ0) is 21.3. The Morgan fingerprint density at radius 2 is 1.94 bits per heavy atom. The van der Waals surface area contributed by atoms with Crippen LogP contribution in [0.3, 0.4) is 0 Å². The first-order valence-corrected chi connectivity index (χ1v) is 11.1. The summed E-state index contributed by atoms with van der Waals surface area (Å²) in [6, 6.07) is 0. The van der Waals surface area contributed by atoms with Gasteiger partial charge in [0.2, 0.25) is 5.88 Å². The average molecular weight is 418 g/mol. The summed E-state index contributed by atoms with van der Waals surface area (Å²) in [5, 5.41) is 7.84. The molecule has 160 valence electrons. The molecule has 6 heterocycles. The number of aromatic nitrogens is 6. The monoisotopic (exact) mass is 417 g/mol. The second-order valence-corrected chi connectivity index (χ2v) is 9.28. The summed E-state index contributed by atoms with van der Waals surface area (Å²) in [6.07, 6.45) is 5.73. The van der Waals surface area contributed by atoms with Crippen molar-refractivity contribution in [1.82, 2.24) is 34.9 Å². The fourth-order valence-electron chi connectivity index (χ4n) is 5.23. The summed E-state index contributed by atoms with van der Waals surface area (Å²) in [7, 11) is 0. The Morgan fingerprint density at radius 3 is 2.71 bits per heavy atom. The number of hydrogen-bond donors (Lipinski definition) is 2. The minimum Gasteiger partial charge on any atom is -0.475 e. The normalized spacial score (nSPS) is 17.7. The van der Waals surface area contributed by atoms with Gasteiger partial charge >= 0.3 is 0 Å². The molecule has 2 N–H and O–H groups in total. The molecule has 8 nitrogen and oxygen atoms in total. The van der Waals surface area contributed by atoms with Crippen LogP contribution in [0.4, 0.5) is 0 Å². The molecule has 0 radical (unpaired) electrons. The topological polar surface area (TPSA) is 93.0 Å². The van der Waals surface area contributed by atoms with Crippen LogP contribution >= 0.6 is 0 Å². The van der Waals surface area contributed by atoms with Gasteiger partial charge in [-0.3, -0.25) is 0 Å². The molecule has 0 aromatic carbocycles. The first kappa shape index (κ1) is 18.7. The third kappa shape index (κ3) is 2.57. The average Bonchev–Trinajstić information content (AvgIpc) is 3.46. The van der Waals surface area contributed by atoms with Gasteiger partial charge in [0.05, 0.1) is 11.1 Å². The maximum Gasteiger partial charge on any atom is 0.238 e. The number of fused-ring (bicyclic) bond motifs is 4. The summed E-state index contributed by atoms with van der Waals surface area (Å²) in [5.74, 6) is 0.977. The van der Waals surface area contributed by atoms with E-state index in [2.05, 4.69) is 54.3 Å². The molecule has 1 spiro atoms. The number of rotatable bonds is 2. The molecule has 2 aliphatic heterocycles. The van der Waals surface area contributed by atoms with Crippen LogP contribution in [0.25, 0.3) is 28.1 Å². The van der Waals surface area contributed by atoms with Crippen molar-refractivity contribution in [2.45, 2.75) is 51.9 Å². The lowest BCUT2D eigenvalue weighted by molar-refractivity contribution is 0.216. The van der Waals surface area contributed by atoms with Crippen molar-refractivity contribution in [3.63, 3.8) is 0 Å². The fraction of sp³-hybridized carbons (Fsp3) is 0.478. The van der Waals surface area contributed by atoms with E-state index in [-0.39, 0.29) is 11.3 Å². The molecule has 4 aromatic rings. The van der Waals surface area contributed by atoms with E-state index in [1.54, 1.807) is 6.33 Å². The molecule has 1 saturated heterocycles. The number of ether oxygens (including phenoxy) is 1. The number of H-pyrrole nitrogens is 1. The minimum absolute atomic E-state index is 0.0143. The molecular weight excluding hydrogens is 390 g/mol. The van der Waals surface area contributed by atoms with Crippen LogP contribution in [0.2, 0.25) is 0 Å². The summed E-state index contributed by atoms with van der Waals surface area (Å²) >= 11 is 0. The van der Waals surface area contributed by atoms with Gasteiger partial charge in [0, 0.05) is 17.3 Å². The number of hydrogen-bond acceptors (Lipinski definition) is 6. The van der Waals surface area contributed by atoms with Crippen molar-refractivity contribution in [3.8, 4) is 17.1 Å². The van der Waals surface area contributed by atoms with E-state index in [1.165, 1.54) is 11.1 Å². The predicted molar refractivity (Wildman–Crippen MR) is 119 cm³/mol. The van der Waals surface area contributed by atoms with Gasteiger partial charge in [-0.2, -0.15) is 10.1 Å². The zero-order valence-corrected chi connectivity index (χ0v) is 18.4. The lowest BCUT2D eigenvalue weighted by Gasteiger charge is -2.31. The van der Waals surface area contributed by atoms with E-state index < -0.39 is 0 Å². The lowest BCUT2D eigenvalue weighted by atomic mass is 9.78. The van der Waals surface area contributed by atoms with Crippen LogP contribution in [-0.2, 0) is 5.41 Å². The van der Waals surface area contributed by atoms with Crippen LogP contribution < -0.4 is 10.1 Å². The van der Waals surface area contributed by atoms with Crippen LogP contribution in [-0.4, -0.2) is 49.2 Å². The highest BCUT2D eigenvalue weighted by Gasteiger charge is 2.44. The van der Waals surface area contributed by atoms with E-state index in [1.807, 2.05) is 4.52 Å². The second kappa shape index (κ2) is 6.50.